The molecule has 0 amide bonds. The third-order valence-corrected chi connectivity index (χ3v) is 2.01. The molecule has 0 N–H and O–H groups in total. The summed E-state index contributed by atoms with van der Waals surface area (Å²) < 4.78 is 5.41. The minimum absolute atomic E-state index is 0.420. The Labute approximate surface area is 89.5 Å². The minimum atomic E-state index is -0.605. The topological polar surface area (TPSA) is 56.8 Å². The summed E-state index contributed by atoms with van der Waals surface area (Å²) in [5.41, 5.74) is 0.910. The van der Waals surface area contributed by atoms with Crippen molar-refractivity contribution >= 4 is 0 Å². The molecule has 3 heteroatoms. The van der Waals surface area contributed by atoms with E-state index in [-0.39, 0.29) is 0 Å². The molecular weight excluding hydrogens is 188 g/mol. The highest BCUT2D eigenvalue weighted by molar-refractivity contribution is 5.34. The van der Waals surface area contributed by atoms with Crippen LogP contribution in [0, 0.1) is 28.6 Å². The minimum Gasteiger partial charge on any atom is -0.494 e. The maximum absolute atomic E-state index is 8.69. The summed E-state index contributed by atoms with van der Waals surface area (Å²) in [4.78, 5) is 0. The van der Waals surface area contributed by atoms with Crippen molar-refractivity contribution in [2.45, 2.75) is 13.3 Å². The quantitative estimate of drug-likeness (QED) is 0.749. The zero-order chi connectivity index (χ0) is 11.1. The molecule has 0 unspecified atom stereocenters. The Bertz CT molecular complexity index is 387. The largest absolute Gasteiger partial charge is 0.494 e. The molecule has 15 heavy (non-hydrogen) atoms. The van der Waals surface area contributed by atoms with E-state index < -0.39 is 5.92 Å². The van der Waals surface area contributed by atoms with Gasteiger partial charge in [0.25, 0.3) is 0 Å². The van der Waals surface area contributed by atoms with Gasteiger partial charge in [0.2, 0.25) is 0 Å². The van der Waals surface area contributed by atoms with Crippen molar-refractivity contribution in [2.24, 2.45) is 5.92 Å². The normalized spacial score (nSPS) is 9.33. The fraction of sp³-hybridized carbons (Fsp3) is 0.333. The summed E-state index contributed by atoms with van der Waals surface area (Å²) in [5, 5.41) is 17.4. The standard InChI is InChI=1S/C12H12N2O/c1-2-15-12-6-4-3-5-11(12)7-10(8-13)9-14/h3-6,10H,2,7H2,1H3. The second kappa shape index (κ2) is 5.67. The molecule has 0 heterocycles. The zero-order valence-corrected chi connectivity index (χ0v) is 8.60. The molecule has 3 nitrogen and oxygen atoms in total. The molecule has 0 saturated carbocycles. The van der Waals surface area contributed by atoms with Crippen LogP contribution < -0.4 is 4.74 Å². The number of para-hydroxylation sites is 1. The predicted molar refractivity (Wildman–Crippen MR) is 56.0 cm³/mol. The van der Waals surface area contributed by atoms with E-state index in [1.807, 2.05) is 43.3 Å². The Morgan fingerprint density at radius 3 is 2.53 bits per heavy atom. The van der Waals surface area contributed by atoms with Crippen LogP contribution in [0.15, 0.2) is 24.3 Å². The van der Waals surface area contributed by atoms with Gasteiger partial charge in [0.15, 0.2) is 0 Å². The van der Waals surface area contributed by atoms with E-state index in [1.54, 1.807) is 0 Å². The molecule has 0 saturated heterocycles. The summed E-state index contributed by atoms with van der Waals surface area (Å²) in [6.07, 6.45) is 0.420. The average molecular weight is 200 g/mol. The van der Waals surface area contributed by atoms with Crippen molar-refractivity contribution in [2.75, 3.05) is 6.61 Å². The molecule has 1 rings (SSSR count). The first kappa shape index (κ1) is 11.1. The van der Waals surface area contributed by atoms with Crippen LogP contribution in [-0.4, -0.2) is 6.61 Å². The molecule has 0 bridgehead atoms. The summed E-state index contributed by atoms with van der Waals surface area (Å²) in [6.45, 7) is 2.49. The Morgan fingerprint density at radius 1 is 1.27 bits per heavy atom. The van der Waals surface area contributed by atoms with Gasteiger partial charge < -0.3 is 4.74 Å². The summed E-state index contributed by atoms with van der Waals surface area (Å²) in [5.74, 6) is 0.155. The number of hydrogen-bond acceptors (Lipinski definition) is 3. The molecule has 0 atom stereocenters. The molecular formula is C12H12N2O. The van der Waals surface area contributed by atoms with E-state index in [0.717, 1.165) is 11.3 Å². The number of nitriles is 2. The van der Waals surface area contributed by atoms with Gasteiger partial charge in [-0.15, -0.1) is 0 Å². The molecule has 0 radical (unpaired) electrons. The first-order valence-electron chi connectivity index (χ1n) is 4.81. The highest BCUT2D eigenvalue weighted by atomic mass is 16.5. The van der Waals surface area contributed by atoms with Crippen molar-refractivity contribution < 1.29 is 4.74 Å². The van der Waals surface area contributed by atoms with Gasteiger partial charge in [-0.3, -0.25) is 0 Å². The highest BCUT2D eigenvalue weighted by Crippen LogP contribution is 2.20. The Hall–Kier alpha value is -2.00. The van der Waals surface area contributed by atoms with Gasteiger partial charge in [0.1, 0.15) is 11.7 Å². The lowest BCUT2D eigenvalue weighted by molar-refractivity contribution is 0.336. The Kier molecular flexibility index (Phi) is 4.19. The molecule has 0 aliphatic heterocycles. The smallest absolute Gasteiger partial charge is 0.137 e. The van der Waals surface area contributed by atoms with E-state index in [1.165, 1.54) is 0 Å². The van der Waals surface area contributed by atoms with E-state index in [0.29, 0.717) is 13.0 Å². The fourth-order valence-electron chi connectivity index (χ4n) is 1.31. The lowest BCUT2D eigenvalue weighted by atomic mass is 10.0. The van der Waals surface area contributed by atoms with Gasteiger partial charge in [0.05, 0.1) is 18.7 Å². The van der Waals surface area contributed by atoms with Gasteiger partial charge in [-0.05, 0) is 18.6 Å². The van der Waals surface area contributed by atoms with Crippen molar-refractivity contribution in [3.05, 3.63) is 29.8 Å². The number of hydrogen-bond donors (Lipinski definition) is 0. The van der Waals surface area contributed by atoms with Crippen LogP contribution in [0.1, 0.15) is 12.5 Å². The zero-order valence-electron chi connectivity index (χ0n) is 8.60. The van der Waals surface area contributed by atoms with Crippen LogP contribution in [0.4, 0.5) is 0 Å². The first-order chi connectivity index (χ1) is 7.31. The van der Waals surface area contributed by atoms with E-state index in [2.05, 4.69) is 0 Å². The summed E-state index contributed by atoms with van der Waals surface area (Å²) in [7, 11) is 0. The van der Waals surface area contributed by atoms with E-state index >= 15 is 0 Å². The van der Waals surface area contributed by atoms with Crippen LogP contribution >= 0.6 is 0 Å². The summed E-state index contributed by atoms with van der Waals surface area (Å²) >= 11 is 0. The molecule has 0 aliphatic carbocycles. The third-order valence-electron chi connectivity index (χ3n) is 2.01. The lowest BCUT2D eigenvalue weighted by Gasteiger charge is -2.09. The maximum atomic E-state index is 8.69. The van der Waals surface area contributed by atoms with Crippen LogP contribution in [0.25, 0.3) is 0 Å². The van der Waals surface area contributed by atoms with Gasteiger partial charge in [-0.25, -0.2) is 0 Å². The molecule has 0 fully saturated rings. The number of nitrogens with zero attached hydrogens (tertiary/aromatic N) is 2. The maximum Gasteiger partial charge on any atom is 0.137 e. The second-order valence-corrected chi connectivity index (χ2v) is 3.06. The number of benzene rings is 1. The van der Waals surface area contributed by atoms with Gasteiger partial charge in [-0.2, -0.15) is 10.5 Å². The first-order valence-corrected chi connectivity index (χ1v) is 4.81. The van der Waals surface area contributed by atoms with Crippen molar-refractivity contribution in [1.29, 1.82) is 10.5 Å². The molecule has 0 aliphatic rings. The molecule has 1 aromatic carbocycles. The van der Waals surface area contributed by atoms with Gasteiger partial charge in [-0.1, -0.05) is 18.2 Å². The van der Waals surface area contributed by atoms with Crippen LogP contribution in [0.3, 0.4) is 0 Å². The van der Waals surface area contributed by atoms with Crippen molar-refractivity contribution in [1.82, 2.24) is 0 Å². The highest BCUT2D eigenvalue weighted by Gasteiger charge is 2.10. The SMILES string of the molecule is CCOc1ccccc1CC(C#N)C#N. The fourth-order valence-corrected chi connectivity index (χ4v) is 1.31. The molecule has 1 aromatic rings. The van der Waals surface area contributed by atoms with Gasteiger partial charge in [0, 0.05) is 6.42 Å². The Balaban J connectivity index is 2.85. The monoisotopic (exact) mass is 200 g/mol. The number of ether oxygens (including phenoxy) is 1. The lowest BCUT2D eigenvalue weighted by Crippen LogP contribution is -2.02. The predicted octanol–water partition coefficient (Wildman–Crippen LogP) is 2.29. The van der Waals surface area contributed by atoms with Crippen LogP contribution in [0.2, 0.25) is 0 Å². The number of rotatable bonds is 4. The van der Waals surface area contributed by atoms with Crippen molar-refractivity contribution in [3.63, 3.8) is 0 Å². The van der Waals surface area contributed by atoms with E-state index in [4.69, 9.17) is 15.3 Å². The van der Waals surface area contributed by atoms with Crippen LogP contribution in [0.5, 0.6) is 5.75 Å². The van der Waals surface area contributed by atoms with E-state index in [9.17, 15) is 0 Å². The molecule has 76 valence electrons. The van der Waals surface area contributed by atoms with Crippen molar-refractivity contribution in [3.8, 4) is 17.9 Å². The summed E-state index contributed by atoms with van der Waals surface area (Å²) in [6, 6.07) is 11.4. The average Bonchev–Trinajstić information content (AvgIpc) is 2.28. The van der Waals surface area contributed by atoms with Gasteiger partial charge >= 0.3 is 0 Å². The third kappa shape index (κ3) is 3.00. The Morgan fingerprint density at radius 2 is 1.93 bits per heavy atom. The molecule has 0 spiro atoms. The second-order valence-electron chi connectivity index (χ2n) is 3.06. The van der Waals surface area contributed by atoms with Crippen LogP contribution in [-0.2, 0) is 6.42 Å². The molecule has 0 aromatic heterocycles.